The highest BCUT2D eigenvalue weighted by Crippen LogP contribution is 2.23. The molecule has 1 fully saturated rings. The molecule has 0 spiro atoms. The summed E-state index contributed by atoms with van der Waals surface area (Å²) in [5.74, 6) is 0.248. The summed E-state index contributed by atoms with van der Waals surface area (Å²) in [6.07, 6.45) is -0.393. The lowest BCUT2D eigenvalue weighted by Crippen LogP contribution is -2.28. The summed E-state index contributed by atoms with van der Waals surface area (Å²) in [6.45, 7) is 8.63. The quantitative estimate of drug-likeness (QED) is 0.601. The lowest BCUT2D eigenvalue weighted by molar-refractivity contribution is 0.102. The minimum absolute atomic E-state index is 0.270. The molecular weight excluding hydrogens is 394 g/mol. The van der Waals surface area contributed by atoms with Crippen LogP contribution in [0.2, 0.25) is 0 Å². The number of fused-ring (bicyclic) bond motifs is 1. The molecule has 162 valence electrons. The van der Waals surface area contributed by atoms with Gasteiger partial charge in [0, 0.05) is 24.3 Å². The highest BCUT2D eigenvalue weighted by atomic mass is 16.6. The highest BCUT2D eigenvalue weighted by Gasteiger charge is 2.24. The molecule has 4 rings (SSSR count). The zero-order valence-corrected chi connectivity index (χ0v) is 17.9. The molecule has 0 radical (unpaired) electrons. The first-order valence-electron chi connectivity index (χ1n) is 10.6. The number of para-hydroxylation sites is 2. The van der Waals surface area contributed by atoms with Crippen LogP contribution in [-0.4, -0.2) is 59.2 Å². The Balaban J connectivity index is 1.58. The maximum atomic E-state index is 13.0. The van der Waals surface area contributed by atoms with E-state index in [2.05, 4.69) is 29.0 Å². The number of hydrogen-bond acceptors (Lipinski definition) is 5. The molecule has 31 heavy (non-hydrogen) atoms. The Morgan fingerprint density at radius 1 is 1.16 bits per heavy atom. The average molecular weight is 422 g/mol. The lowest BCUT2D eigenvalue weighted by Gasteiger charge is -2.19. The largest absolute Gasteiger partial charge is 0.447 e. The fourth-order valence-corrected chi connectivity index (χ4v) is 3.80. The van der Waals surface area contributed by atoms with Gasteiger partial charge in [0.1, 0.15) is 6.61 Å². The standard InChI is InChI=1S/C23H27N5O3/c1-3-26(4-2)12-13-28-20-11-6-5-10-19(20)24-22(28)25-21(29)17-8-7-9-18(16-17)27-14-15-31-23(27)30/h5-11,16H,3-4,12-15H2,1-2H3,(H,24,25,29). The van der Waals surface area contributed by atoms with Crippen molar-refractivity contribution in [2.75, 3.05) is 43.0 Å². The second-order valence-corrected chi connectivity index (χ2v) is 7.37. The Morgan fingerprint density at radius 2 is 1.97 bits per heavy atom. The molecule has 1 aromatic heterocycles. The van der Waals surface area contributed by atoms with E-state index in [-0.39, 0.29) is 5.91 Å². The number of cyclic esters (lactones) is 1. The maximum Gasteiger partial charge on any atom is 0.414 e. The number of rotatable bonds is 8. The van der Waals surface area contributed by atoms with E-state index in [4.69, 9.17) is 4.74 Å². The number of benzene rings is 2. The molecule has 0 bridgehead atoms. The minimum Gasteiger partial charge on any atom is -0.447 e. The molecule has 8 nitrogen and oxygen atoms in total. The molecule has 2 aromatic carbocycles. The maximum absolute atomic E-state index is 13.0. The molecule has 8 heteroatoms. The van der Waals surface area contributed by atoms with Gasteiger partial charge in [-0.2, -0.15) is 0 Å². The molecule has 2 amide bonds. The molecule has 3 aromatic rings. The average Bonchev–Trinajstić information content (AvgIpc) is 3.37. The van der Waals surface area contributed by atoms with Crippen molar-refractivity contribution < 1.29 is 14.3 Å². The van der Waals surface area contributed by atoms with Gasteiger partial charge < -0.3 is 14.2 Å². The van der Waals surface area contributed by atoms with Crippen molar-refractivity contribution in [1.82, 2.24) is 14.5 Å². The molecule has 0 unspecified atom stereocenters. The monoisotopic (exact) mass is 421 g/mol. The predicted molar refractivity (Wildman–Crippen MR) is 121 cm³/mol. The van der Waals surface area contributed by atoms with Crippen molar-refractivity contribution in [3.63, 3.8) is 0 Å². The molecule has 0 atom stereocenters. The minimum atomic E-state index is -0.393. The van der Waals surface area contributed by atoms with Crippen molar-refractivity contribution in [3.05, 3.63) is 54.1 Å². The van der Waals surface area contributed by atoms with Gasteiger partial charge in [-0.3, -0.25) is 15.0 Å². The van der Waals surface area contributed by atoms with Crippen molar-refractivity contribution in [3.8, 4) is 0 Å². The van der Waals surface area contributed by atoms with Crippen molar-refractivity contribution in [1.29, 1.82) is 0 Å². The molecule has 0 saturated carbocycles. The smallest absolute Gasteiger partial charge is 0.414 e. The molecule has 1 aliphatic rings. The first kappa shape index (κ1) is 20.9. The van der Waals surface area contributed by atoms with Gasteiger partial charge in [0.2, 0.25) is 5.95 Å². The zero-order valence-electron chi connectivity index (χ0n) is 17.9. The first-order valence-corrected chi connectivity index (χ1v) is 10.6. The number of nitrogens with zero attached hydrogens (tertiary/aromatic N) is 4. The lowest BCUT2D eigenvalue weighted by atomic mass is 10.2. The summed E-state index contributed by atoms with van der Waals surface area (Å²) in [6, 6.07) is 14.9. The third-order valence-electron chi connectivity index (χ3n) is 5.59. The van der Waals surface area contributed by atoms with E-state index < -0.39 is 6.09 Å². The normalized spacial score (nSPS) is 13.8. The van der Waals surface area contributed by atoms with Gasteiger partial charge in [0.05, 0.1) is 17.6 Å². The first-order chi connectivity index (χ1) is 15.1. The van der Waals surface area contributed by atoms with Crippen LogP contribution in [-0.2, 0) is 11.3 Å². The Labute approximate surface area is 181 Å². The van der Waals surface area contributed by atoms with Gasteiger partial charge in [-0.1, -0.05) is 32.0 Å². The topological polar surface area (TPSA) is 79.7 Å². The number of aromatic nitrogens is 2. The van der Waals surface area contributed by atoms with Gasteiger partial charge in [0.15, 0.2) is 0 Å². The van der Waals surface area contributed by atoms with Crippen LogP contribution in [0.3, 0.4) is 0 Å². The zero-order chi connectivity index (χ0) is 21.8. The van der Waals surface area contributed by atoms with E-state index in [1.807, 2.05) is 28.8 Å². The van der Waals surface area contributed by atoms with E-state index in [1.54, 1.807) is 24.3 Å². The molecule has 2 heterocycles. The molecule has 0 aliphatic carbocycles. The highest BCUT2D eigenvalue weighted by molar-refractivity contribution is 6.05. The summed E-state index contributed by atoms with van der Waals surface area (Å²) in [4.78, 5) is 33.4. The summed E-state index contributed by atoms with van der Waals surface area (Å²) < 4.78 is 7.05. The summed E-state index contributed by atoms with van der Waals surface area (Å²) in [7, 11) is 0. The van der Waals surface area contributed by atoms with Crippen molar-refractivity contribution in [2.24, 2.45) is 0 Å². The number of likely N-dealkylation sites (N-methyl/N-ethyl adjacent to an activating group) is 1. The van der Waals surface area contributed by atoms with Gasteiger partial charge in [-0.15, -0.1) is 0 Å². The molecular formula is C23H27N5O3. The van der Waals surface area contributed by atoms with E-state index in [9.17, 15) is 9.59 Å². The van der Waals surface area contributed by atoms with E-state index in [0.29, 0.717) is 30.4 Å². The van der Waals surface area contributed by atoms with Gasteiger partial charge in [-0.25, -0.2) is 9.78 Å². The Bertz CT molecular complexity index is 1090. The summed E-state index contributed by atoms with van der Waals surface area (Å²) in [5, 5.41) is 2.96. The number of imidazole rings is 1. The predicted octanol–water partition coefficient (Wildman–Crippen LogP) is 3.59. The van der Waals surface area contributed by atoms with E-state index in [0.717, 1.165) is 37.2 Å². The van der Waals surface area contributed by atoms with Gasteiger partial charge in [0.25, 0.3) is 5.91 Å². The van der Waals surface area contributed by atoms with Crippen molar-refractivity contribution >= 4 is 34.7 Å². The fourth-order valence-electron chi connectivity index (χ4n) is 3.80. The number of nitrogens with one attached hydrogen (secondary N) is 1. The van der Waals surface area contributed by atoms with E-state index >= 15 is 0 Å². The van der Waals surface area contributed by atoms with Crippen LogP contribution >= 0.6 is 0 Å². The molecule has 1 N–H and O–H groups in total. The summed E-state index contributed by atoms with van der Waals surface area (Å²) in [5.41, 5.74) is 2.93. The van der Waals surface area contributed by atoms with Crippen LogP contribution in [0.5, 0.6) is 0 Å². The number of amides is 2. The van der Waals surface area contributed by atoms with Gasteiger partial charge in [-0.05, 0) is 43.4 Å². The summed E-state index contributed by atoms with van der Waals surface area (Å²) >= 11 is 0. The second-order valence-electron chi connectivity index (χ2n) is 7.37. The van der Waals surface area contributed by atoms with Crippen molar-refractivity contribution in [2.45, 2.75) is 20.4 Å². The number of anilines is 2. The third-order valence-corrected chi connectivity index (χ3v) is 5.59. The van der Waals surface area contributed by atoms with Crippen LogP contribution in [0.4, 0.5) is 16.4 Å². The molecule has 1 saturated heterocycles. The number of carbonyl (C=O) groups excluding carboxylic acids is 2. The second kappa shape index (κ2) is 9.18. The Morgan fingerprint density at radius 3 is 2.71 bits per heavy atom. The number of hydrogen-bond donors (Lipinski definition) is 1. The van der Waals surface area contributed by atoms with Crippen LogP contribution in [0.25, 0.3) is 11.0 Å². The third kappa shape index (κ3) is 4.39. The van der Waals surface area contributed by atoms with Crippen LogP contribution in [0.15, 0.2) is 48.5 Å². The van der Waals surface area contributed by atoms with Crippen LogP contribution < -0.4 is 10.2 Å². The number of ether oxygens (including phenoxy) is 1. The van der Waals surface area contributed by atoms with E-state index in [1.165, 1.54) is 4.90 Å². The Hall–Kier alpha value is -3.39. The Kier molecular flexibility index (Phi) is 6.18. The van der Waals surface area contributed by atoms with Crippen LogP contribution in [0.1, 0.15) is 24.2 Å². The van der Waals surface area contributed by atoms with Gasteiger partial charge >= 0.3 is 6.09 Å². The fraction of sp³-hybridized carbons (Fsp3) is 0.348. The SMILES string of the molecule is CCN(CC)CCn1c(NC(=O)c2cccc(N3CCOC3=O)c2)nc2ccccc21. The number of carbonyl (C=O) groups is 2. The van der Waals surface area contributed by atoms with Crippen LogP contribution in [0, 0.1) is 0 Å². The molecule has 1 aliphatic heterocycles.